The first-order chi connectivity index (χ1) is 27.9. The molecule has 0 bridgehead atoms. The van der Waals surface area contributed by atoms with E-state index in [0.717, 1.165) is 39.1 Å². The van der Waals surface area contributed by atoms with Crippen molar-refractivity contribution in [2.45, 2.75) is 49.3 Å². The van der Waals surface area contributed by atoms with E-state index < -0.39 is 22.9 Å². The summed E-state index contributed by atoms with van der Waals surface area (Å²) in [4.78, 5) is 19.9. The van der Waals surface area contributed by atoms with E-state index in [2.05, 4.69) is 131 Å². The van der Waals surface area contributed by atoms with Crippen LogP contribution in [0.4, 0.5) is 0 Å². The Labute approximate surface area is 335 Å². The van der Waals surface area contributed by atoms with Gasteiger partial charge in [0, 0.05) is 19.2 Å². The first kappa shape index (κ1) is 37.8. The molecule has 1 aromatic heterocycles. The summed E-state index contributed by atoms with van der Waals surface area (Å²) in [6.45, 7) is 4.49. The van der Waals surface area contributed by atoms with Gasteiger partial charge in [0.2, 0.25) is 5.91 Å². The number of nitrogens with zero attached hydrogens (tertiary/aromatic N) is 2. The molecule has 2 heterocycles. The zero-order valence-electron chi connectivity index (χ0n) is 32.4. The highest BCUT2D eigenvalue weighted by atomic mass is 16.7. The maximum absolute atomic E-state index is 14.8. The van der Waals surface area contributed by atoms with Gasteiger partial charge in [0.15, 0.2) is 5.79 Å². The third kappa shape index (κ3) is 7.70. The summed E-state index contributed by atoms with van der Waals surface area (Å²) in [6, 6.07) is 61.9. The van der Waals surface area contributed by atoms with E-state index in [1.54, 1.807) is 0 Å². The number of benzene rings is 6. The van der Waals surface area contributed by atoms with Gasteiger partial charge >= 0.3 is 0 Å². The second-order valence-corrected chi connectivity index (χ2v) is 15.0. The van der Waals surface area contributed by atoms with Crippen LogP contribution in [-0.4, -0.2) is 46.5 Å². The van der Waals surface area contributed by atoms with Gasteiger partial charge < -0.3 is 19.4 Å². The molecule has 2 N–H and O–H groups in total. The van der Waals surface area contributed by atoms with Crippen LogP contribution in [0.25, 0.3) is 0 Å². The molecule has 0 saturated carbocycles. The number of nitrogens with one attached hydrogen (secondary N) is 2. The zero-order chi connectivity index (χ0) is 39.1. The van der Waals surface area contributed by atoms with Gasteiger partial charge in [-0.2, -0.15) is 0 Å². The Hall–Kier alpha value is -6.12. The standard InChI is InChI=1S/C50H48N4O3/c1-48(2)56-36-45(57-48)34-51-47(55)46(53-49(38-21-9-3-10-22-38,39-23-11-4-12-24-39)40-25-13-5-14-26-40)33-44-35-54(37-52-44)50(41-27-15-6-16-28-41,42-29-17-7-18-30-42)43-31-19-8-20-32-43/h3-32,35,37,45-46,53H,33-34,36H2,1-2H3,(H,51,55)/t45?,46-/m0/s1. The molecule has 0 aliphatic carbocycles. The Bertz CT molecular complexity index is 2140. The van der Waals surface area contributed by atoms with Gasteiger partial charge in [-0.25, -0.2) is 4.98 Å². The first-order valence-electron chi connectivity index (χ1n) is 19.6. The summed E-state index contributed by atoms with van der Waals surface area (Å²) in [5, 5.41) is 7.20. The van der Waals surface area contributed by atoms with E-state index in [1.807, 2.05) is 93.0 Å². The quantitative estimate of drug-likeness (QED) is 0.109. The van der Waals surface area contributed by atoms with Crippen molar-refractivity contribution in [2.75, 3.05) is 13.2 Å². The Morgan fingerprint density at radius 3 is 1.46 bits per heavy atom. The van der Waals surface area contributed by atoms with Crippen LogP contribution in [0.1, 0.15) is 52.9 Å². The van der Waals surface area contributed by atoms with Gasteiger partial charge in [0.05, 0.1) is 30.2 Å². The molecule has 1 aliphatic rings. The normalized spacial score (nSPS) is 15.9. The molecule has 1 aliphatic heterocycles. The Morgan fingerprint density at radius 2 is 1.07 bits per heavy atom. The summed E-state index contributed by atoms with van der Waals surface area (Å²) in [6.07, 6.45) is 4.03. The van der Waals surface area contributed by atoms with Crippen LogP contribution in [0.2, 0.25) is 0 Å². The fourth-order valence-corrected chi connectivity index (χ4v) is 8.33. The number of carbonyl (C=O) groups excluding carboxylic acids is 1. The summed E-state index contributed by atoms with van der Waals surface area (Å²) >= 11 is 0. The molecule has 7 heteroatoms. The lowest BCUT2D eigenvalue weighted by Gasteiger charge is -2.40. The molecule has 1 fully saturated rings. The molecule has 1 unspecified atom stereocenters. The molecule has 8 rings (SSSR count). The summed E-state index contributed by atoms with van der Waals surface area (Å²) < 4.78 is 14.1. The fraction of sp³-hybridized carbons (Fsp3) is 0.200. The van der Waals surface area contributed by atoms with Crippen molar-refractivity contribution in [3.63, 3.8) is 0 Å². The minimum absolute atomic E-state index is 0.162. The van der Waals surface area contributed by atoms with E-state index >= 15 is 0 Å². The molecule has 1 saturated heterocycles. The smallest absolute Gasteiger partial charge is 0.237 e. The molecule has 6 aromatic carbocycles. The van der Waals surface area contributed by atoms with Crippen molar-refractivity contribution in [3.05, 3.63) is 234 Å². The van der Waals surface area contributed by atoms with Crippen molar-refractivity contribution < 1.29 is 14.3 Å². The number of ether oxygens (including phenoxy) is 2. The lowest BCUT2D eigenvalue weighted by Crippen LogP contribution is -2.56. The highest BCUT2D eigenvalue weighted by Crippen LogP contribution is 2.41. The molecule has 1 amide bonds. The third-order valence-electron chi connectivity index (χ3n) is 10.9. The Kier molecular flexibility index (Phi) is 11.0. The number of hydrogen-bond acceptors (Lipinski definition) is 5. The van der Waals surface area contributed by atoms with Gasteiger partial charge in [-0.3, -0.25) is 10.1 Å². The Morgan fingerprint density at radius 1 is 0.667 bits per heavy atom. The highest BCUT2D eigenvalue weighted by Gasteiger charge is 2.42. The maximum atomic E-state index is 14.8. The van der Waals surface area contributed by atoms with Gasteiger partial charge in [-0.05, 0) is 47.2 Å². The van der Waals surface area contributed by atoms with Crippen LogP contribution in [0, 0.1) is 0 Å². The number of carbonyl (C=O) groups is 1. The SMILES string of the molecule is CC1(C)OCC(CNC(=O)[C@H](Cc2cn(C(c3ccccc3)(c3ccccc3)c3ccccc3)cn2)NC(c2ccccc2)(c2ccccc2)c2ccccc2)O1. The number of rotatable bonds is 14. The van der Waals surface area contributed by atoms with Crippen LogP contribution in [-0.2, 0) is 31.8 Å². The third-order valence-corrected chi connectivity index (χ3v) is 10.9. The lowest BCUT2D eigenvalue weighted by molar-refractivity contribution is -0.139. The minimum atomic E-state index is -0.898. The average Bonchev–Trinajstić information content (AvgIpc) is 3.89. The molecular weight excluding hydrogens is 705 g/mol. The second-order valence-electron chi connectivity index (χ2n) is 15.0. The summed E-state index contributed by atoms with van der Waals surface area (Å²) in [7, 11) is 0. The molecule has 57 heavy (non-hydrogen) atoms. The number of hydrogen-bond donors (Lipinski definition) is 2. The van der Waals surface area contributed by atoms with Crippen molar-refractivity contribution in [3.8, 4) is 0 Å². The van der Waals surface area contributed by atoms with Gasteiger partial charge in [-0.15, -0.1) is 0 Å². The Balaban J connectivity index is 1.25. The zero-order valence-corrected chi connectivity index (χ0v) is 32.4. The molecule has 0 radical (unpaired) electrons. The lowest BCUT2D eigenvalue weighted by atomic mass is 9.76. The summed E-state index contributed by atoms with van der Waals surface area (Å²) in [5.74, 6) is -0.864. The fourth-order valence-electron chi connectivity index (χ4n) is 8.33. The van der Waals surface area contributed by atoms with E-state index in [-0.39, 0.29) is 12.0 Å². The molecule has 2 atom stereocenters. The predicted octanol–water partition coefficient (Wildman–Crippen LogP) is 8.48. The molecule has 286 valence electrons. The van der Waals surface area contributed by atoms with Crippen LogP contribution in [0.3, 0.4) is 0 Å². The van der Waals surface area contributed by atoms with Gasteiger partial charge in [-0.1, -0.05) is 182 Å². The van der Waals surface area contributed by atoms with Crippen LogP contribution in [0.15, 0.2) is 195 Å². The number of amides is 1. The van der Waals surface area contributed by atoms with E-state index in [0.29, 0.717) is 19.6 Å². The molecule has 7 nitrogen and oxygen atoms in total. The predicted molar refractivity (Wildman–Crippen MR) is 225 cm³/mol. The minimum Gasteiger partial charge on any atom is -0.352 e. The maximum Gasteiger partial charge on any atom is 0.237 e. The first-order valence-corrected chi connectivity index (χ1v) is 19.6. The molecular formula is C50H48N4O3. The van der Waals surface area contributed by atoms with Crippen LogP contribution < -0.4 is 10.6 Å². The van der Waals surface area contributed by atoms with Crippen LogP contribution >= 0.6 is 0 Å². The van der Waals surface area contributed by atoms with Crippen molar-refractivity contribution in [1.29, 1.82) is 0 Å². The van der Waals surface area contributed by atoms with E-state index in [1.165, 1.54) is 0 Å². The van der Waals surface area contributed by atoms with E-state index in [9.17, 15) is 4.79 Å². The van der Waals surface area contributed by atoms with Crippen molar-refractivity contribution in [1.82, 2.24) is 20.2 Å². The van der Waals surface area contributed by atoms with E-state index in [4.69, 9.17) is 14.5 Å². The van der Waals surface area contributed by atoms with Crippen LogP contribution in [0.5, 0.6) is 0 Å². The topological polar surface area (TPSA) is 77.4 Å². The second kappa shape index (κ2) is 16.5. The average molecular weight is 753 g/mol. The number of aromatic nitrogens is 2. The largest absolute Gasteiger partial charge is 0.352 e. The van der Waals surface area contributed by atoms with Crippen molar-refractivity contribution >= 4 is 5.91 Å². The monoisotopic (exact) mass is 752 g/mol. The highest BCUT2D eigenvalue weighted by molar-refractivity contribution is 5.82. The van der Waals surface area contributed by atoms with Crippen molar-refractivity contribution in [2.24, 2.45) is 0 Å². The van der Waals surface area contributed by atoms with Gasteiger partial charge in [0.25, 0.3) is 0 Å². The summed E-state index contributed by atoms with van der Waals surface area (Å²) in [5.41, 5.74) is 5.44. The number of imidazole rings is 1. The molecule has 7 aromatic rings. The van der Waals surface area contributed by atoms with Gasteiger partial charge in [0.1, 0.15) is 11.6 Å². The molecule has 0 spiro atoms.